The summed E-state index contributed by atoms with van der Waals surface area (Å²) in [6, 6.07) is 7.21. The van der Waals surface area contributed by atoms with E-state index in [4.69, 9.17) is 4.74 Å². The van der Waals surface area contributed by atoms with E-state index in [1.54, 1.807) is 48.3 Å². The van der Waals surface area contributed by atoms with Crippen LogP contribution < -0.4 is 5.32 Å². The van der Waals surface area contributed by atoms with Gasteiger partial charge in [-0.2, -0.15) is 0 Å². The van der Waals surface area contributed by atoms with Gasteiger partial charge in [0, 0.05) is 9.75 Å². The van der Waals surface area contributed by atoms with Crippen LogP contribution in [0.3, 0.4) is 0 Å². The molecule has 0 aliphatic rings. The number of alkyl carbamates (subject to hydrolysis) is 1. The van der Waals surface area contributed by atoms with Crippen molar-refractivity contribution in [3.8, 4) is 0 Å². The third-order valence-corrected chi connectivity index (χ3v) is 5.17. The van der Waals surface area contributed by atoms with Crippen molar-refractivity contribution in [3.05, 3.63) is 51.7 Å². The number of thiophene rings is 2. The van der Waals surface area contributed by atoms with E-state index >= 15 is 0 Å². The molecule has 5 nitrogen and oxygen atoms in total. The molecule has 2 rings (SSSR count). The van der Waals surface area contributed by atoms with Crippen molar-refractivity contribution in [2.45, 2.75) is 51.9 Å². The second kappa shape index (κ2) is 9.19. The molecule has 141 valence electrons. The van der Waals surface area contributed by atoms with Gasteiger partial charge in [0.05, 0.1) is 13.1 Å². The van der Waals surface area contributed by atoms with Gasteiger partial charge in [-0.15, -0.1) is 22.7 Å². The van der Waals surface area contributed by atoms with Crippen molar-refractivity contribution in [3.63, 3.8) is 0 Å². The molecule has 0 spiro atoms. The summed E-state index contributed by atoms with van der Waals surface area (Å²) in [7, 11) is 0. The van der Waals surface area contributed by atoms with Crippen molar-refractivity contribution >= 4 is 34.7 Å². The van der Waals surface area contributed by atoms with Gasteiger partial charge in [0.1, 0.15) is 11.6 Å². The summed E-state index contributed by atoms with van der Waals surface area (Å²) in [4.78, 5) is 29.1. The maximum Gasteiger partial charge on any atom is 0.408 e. The van der Waals surface area contributed by atoms with Crippen LogP contribution in [-0.4, -0.2) is 28.5 Å². The fraction of sp³-hybridized carbons (Fsp3) is 0.421. The fourth-order valence-electron chi connectivity index (χ4n) is 2.32. The first-order chi connectivity index (χ1) is 12.3. The summed E-state index contributed by atoms with van der Waals surface area (Å²) >= 11 is 3.21. The SMILES string of the molecule is [CH2]C[C@H](NC(=O)OC(C)(C)C)C(=O)N(Cc1cccs1)Cc1cccs1. The second-order valence-corrected chi connectivity index (χ2v) is 8.91. The first-order valence-electron chi connectivity index (χ1n) is 8.41. The maximum atomic E-state index is 13.1. The van der Waals surface area contributed by atoms with Gasteiger partial charge in [-0.1, -0.05) is 19.1 Å². The topological polar surface area (TPSA) is 58.6 Å². The number of hydrogen-bond acceptors (Lipinski definition) is 5. The second-order valence-electron chi connectivity index (χ2n) is 6.84. The van der Waals surface area contributed by atoms with Gasteiger partial charge in [0.15, 0.2) is 0 Å². The minimum atomic E-state index is -0.718. The number of carbonyl (C=O) groups excluding carboxylic acids is 2. The van der Waals surface area contributed by atoms with Crippen LogP contribution in [-0.2, 0) is 22.6 Å². The minimum absolute atomic E-state index is 0.160. The summed E-state index contributed by atoms with van der Waals surface area (Å²) in [6.07, 6.45) is -0.351. The van der Waals surface area contributed by atoms with Gasteiger partial charge in [-0.25, -0.2) is 4.79 Å². The molecular formula is C19H25N2O3S2. The molecular weight excluding hydrogens is 368 g/mol. The molecule has 0 saturated heterocycles. The van der Waals surface area contributed by atoms with Gasteiger partial charge in [-0.3, -0.25) is 4.79 Å². The van der Waals surface area contributed by atoms with Gasteiger partial charge >= 0.3 is 6.09 Å². The Balaban J connectivity index is 2.10. The highest BCUT2D eigenvalue weighted by atomic mass is 32.1. The Morgan fingerprint density at radius 1 is 1.15 bits per heavy atom. The molecule has 2 heterocycles. The molecule has 0 aliphatic heterocycles. The number of ether oxygens (including phenoxy) is 1. The smallest absolute Gasteiger partial charge is 0.408 e. The number of amides is 2. The molecule has 0 unspecified atom stereocenters. The van der Waals surface area contributed by atoms with E-state index in [2.05, 4.69) is 12.2 Å². The van der Waals surface area contributed by atoms with Crippen molar-refractivity contribution in [1.82, 2.24) is 10.2 Å². The number of nitrogens with one attached hydrogen (secondary N) is 1. The zero-order valence-electron chi connectivity index (χ0n) is 15.4. The highest BCUT2D eigenvalue weighted by Gasteiger charge is 2.27. The molecule has 0 aliphatic carbocycles. The fourth-order valence-corrected chi connectivity index (χ4v) is 3.76. The number of nitrogens with zero attached hydrogens (tertiary/aromatic N) is 1. The minimum Gasteiger partial charge on any atom is -0.444 e. The average molecular weight is 394 g/mol. The van der Waals surface area contributed by atoms with Crippen molar-refractivity contribution < 1.29 is 14.3 Å². The Morgan fingerprint density at radius 3 is 2.08 bits per heavy atom. The van der Waals surface area contributed by atoms with Crippen LogP contribution in [0.2, 0.25) is 0 Å². The monoisotopic (exact) mass is 393 g/mol. The molecule has 7 heteroatoms. The Morgan fingerprint density at radius 2 is 1.69 bits per heavy atom. The number of rotatable bonds is 7. The number of hydrogen-bond donors (Lipinski definition) is 1. The van der Waals surface area contributed by atoms with Gasteiger partial charge < -0.3 is 15.0 Å². The van der Waals surface area contributed by atoms with Crippen LogP contribution in [0.5, 0.6) is 0 Å². The van der Waals surface area contributed by atoms with Gasteiger partial charge in [0.25, 0.3) is 0 Å². The molecule has 2 amide bonds. The standard InChI is InChI=1S/C19H25N2O3S2/c1-5-16(20-18(23)24-19(2,3)4)17(22)21(12-14-8-6-10-25-14)13-15-9-7-11-26-15/h6-11,16H,1,5,12-13H2,2-4H3,(H,20,23)/t16-/m0/s1. The van der Waals surface area contributed by atoms with E-state index in [9.17, 15) is 9.59 Å². The zero-order valence-corrected chi connectivity index (χ0v) is 17.0. The lowest BCUT2D eigenvalue weighted by molar-refractivity contribution is -0.134. The summed E-state index contributed by atoms with van der Waals surface area (Å²) < 4.78 is 5.27. The molecule has 0 bridgehead atoms. The van der Waals surface area contributed by atoms with Crippen LogP contribution in [0, 0.1) is 6.92 Å². The molecule has 0 fully saturated rings. The summed E-state index contributed by atoms with van der Waals surface area (Å²) in [5, 5.41) is 6.63. The van der Waals surface area contributed by atoms with E-state index in [1.165, 1.54) is 0 Å². The molecule has 1 N–H and O–H groups in total. The van der Waals surface area contributed by atoms with E-state index in [0.29, 0.717) is 13.1 Å². The average Bonchev–Trinajstić information content (AvgIpc) is 3.23. The first kappa shape index (κ1) is 20.5. The highest BCUT2D eigenvalue weighted by Crippen LogP contribution is 2.18. The molecule has 2 aromatic rings. The van der Waals surface area contributed by atoms with E-state index in [0.717, 1.165) is 9.75 Å². The van der Waals surface area contributed by atoms with Crippen molar-refractivity contribution in [1.29, 1.82) is 0 Å². The zero-order chi connectivity index (χ0) is 19.2. The molecule has 0 aromatic carbocycles. The van der Waals surface area contributed by atoms with E-state index in [1.807, 2.05) is 35.0 Å². The van der Waals surface area contributed by atoms with E-state index in [-0.39, 0.29) is 12.3 Å². The molecule has 26 heavy (non-hydrogen) atoms. The normalized spacial score (nSPS) is 12.5. The van der Waals surface area contributed by atoms with Gasteiger partial charge in [0.2, 0.25) is 5.91 Å². The van der Waals surface area contributed by atoms with Crippen LogP contribution in [0.1, 0.15) is 36.9 Å². The van der Waals surface area contributed by atoms with Crippen LogP contribution in [0.25, 0.3) is 0 Å². The Hall–Kier alpha value is -1.86. The van der Waals surface area contributed by atoms with Crippen molar-refractivity contribution in [2.75, 3.05) is 0 Å². The van der Waals surface area contributed by atoms with Crippen LogP contribution in [0.15, 0.2) is 35.0 Å². The quantitative estimate of drug-likeness (QED) is 0.756. The predicted octanol–water partition coefficient (Wildman–Crippen LogP) is 4.46. The highest BCUT2D eigenvalue weighted by molar-refractivity contribution is 7.10. The Bertz CT molecular complexity index is 655. The molecule has 2 aromatic heterocycles. The summed E-state index contributed by atoms with van der Waals surface area (Å²) in [6.45, 7) is 10.2. The Labute approximate surface area is 163 Å². The number of carbonyl (C=O) groups is 2. The summed E-state index contributed by atoms with van der Waals surface area (Å²) in [5.41, 5.74) is -0.619. The molecule has 0 saturated carbocycles. The molecule has 1 radical (unpaired) electrons. The molecule has 1 atom stereocenters. The predicted molar refractivity (Wildman–Crippen MR) is 106 cm³/mol. The van der Waals surface area contributed by atoms with Crippen LogP contribution >= 0.6 is 22.7 Å². The lowest BCUT2D eigenvalue weighted by atomic mass is 10.2. The van der Waals surface area contributed by atoms with Gasteiger partial charge in [-0.05, 0) is 50.1 Å². The van der Waals surface area contributed by atoms with E-state index < -0.39 is 17.7 Å². The van der Waals surface area contributed by atoms with Crippen LogP contribution in [0.4, 0.5) is 4.79 Å². The summed E-state index contributed by atoms with van der Waals surface area (Å²) in [5.74, 6) is -0.160. The Kier molecular flexibility index (Phi) is 7.23. The largest absolute Gasteiger partial charge is 0.444 e. The first-order valence-corrected chi connectivity index (χ1v) is 10.2. The lowest BCUT2D eigenvalue weighted by Gasteiger charge is -2.28. The van der Waals surface area contributed by atoms with Crippen molar-refractivity contribution in [2.24, 2.45) is 0 Å². The lowest BCUT2D eigenvalue weighted by Crippen LogP contribution is -2.49. The maximum absolute atomic E-state index is 13.1. The third kappa shape index (κ3) is 6.46. The third-order valence-electron chi connectivity index (χ3n) is 3.44.